The fourth-order valence-corrected chi connectivity index (χ4v) is 2.76. The lowest BCUT2D eigenvalue weighted by Gasteiger charge is -2.32. The zero-order valence-corrected chi connectivity index (χ0v) is 17.1. The summed E-state index contributed by atoms with van der Waals surface area (Å²) in [5.41, 5.74) is -0.478. The number of carbonyl (C=O) groups excluding carboxylic acids is 1. The third kappa shape index (κ3) is 10.5. The molecule has 0 aliphatic carbocycles. The molecular weight excluding hydrogens is 334 g/mol. The maximum absolute atomic E-state index is 11.6. The molecule has 0 radical (unpaired) electrons. The summed E-state index contributed by atoms with van der Waals surface area (Å²) >= 11 is 0. The first-order chi connectivity index (χ1) is 12.3. The highest BCUT2D eigenvalue weighted by molar-refractivity contribution is 5.79. The molecule has 1 rings (SSSR count). The van der Waals surface area contributed by atoms with Crippen molar-refractivity contribution in [1.82, 2.24) is 20.9 Å². The number of hydrogen-bond donors (Lipinski definition) is 3. The van der Waals surface area contributed by atoms with Crippen molar-refractivity contribution >= 4 is 12.1 Å². The van der Waals surface area contributed by atoms with Crippen molar-refractivity contribution < 1.29 is 14.3 Å². The minimum Gasteiger partial charge on any atom is -0.444 e. The van der Waals surface area contributed by atoms with E-state index in [0.717, 1.165) is 38.7 Å². The van der Waals surface area contributed by atoms with Crippen LogP contribution in [-0.2, 0) is 9.47 Å². The van der Waals surface area contributed by atoms with Gasteiger partial charge in [-0.3, -0.25) is 4.99 Å². The van der Waals surface area contributed by atoms with Crippen molar-refractivity contribution in [2.24, 2.45) is 10.9 Å². The van der Waals surface area contributed by atoms with E-state index in [2.05, 4.69) is 25.8 Å². The summed E-state index contributed by atoms with van der Waals surface area (Å²) in [5.74, 6) is 1.42. The van der Waals surface area contributed by atoms with Gasteiger partial charge in [-0.1, -0.05) is 0 Å². The van der Waals surface area contributed by atoms with Crippen molar-refractivity contribution in [3.05, 3.63) is 0 Å². The summed E-state index contributed by atoms with van der Waals surface area (Å²) < 4.78 is 10.3. The predicted molar refractivity (Wildman–Crippen MR) is 105 cm³/mol. The number of carbonyl (C=O) groups is 1. The molecule has 152 valence electrons. The van der Waals surface area contributed by atoms with Crippen LogP contribution in [0.15, 0.2) is 4.99 Å². The van der Waals surface area contributed by atoms with E-state index in [9.17, 15) is 4.79 Å². The van der Waals surface area contributed by atoms with Crippen LogP contribution in [0.3, 0.4) is 0 Å². The number of piperidine rings is 1. The number of methoxy groups -OCH3 is 1. The quantitative estimate of drug-likeness (QED) is 0.336. The topological polar surface area (TPSA) is 87.2 Å². The molecule has 3 N–H and O–H groups in total. The van der Waals surface area contributed by atoms with E-state index in [1.165, 1.54) is 12.8 Å². The van der Waals surface area contributed by atoms with Gasteiger partial charge in [0.1, 0.15) is 5.60 Å². The highest BCUT2D eigenvalue weighted by Crippen LogP contribution is 2.15. The third-order valence-electron chi connectivity index (χ3n) is 4.19. The van der Waals surface area contributed by atoms with Gasteiger partial charge >= 0.3 is 6.09 Å². The molecule has 1 aliphatic rings. The van der Waals surface area contributed by atoms with Crippen molar-refractivity contribution in [3.63, 3.8) is 0 Å². The fraction of sp³-hybridized carbons (Fsp3) is 0.889. The monoisotopic (exact) mass is 371 g/mol. The van der Waals surface area contributed by atoms with E-state index < -0.39 is 11.7 Å². The minimum absolute atomic E-state index is 0.400. The fourth-order valence-electron chi connectivity index (χ4n) is 2.76. The van der Waals surface area contributed by atoms with Gasteiger partial charge in [0.25, 0.3) is 0 Å². The van der Waals surface area contributed by atoms with Gasteiger partial charge in [-0.05, 0) is 52.6 Å². The molecule has 1 saturated heterocycles. The molecular formula is C18H37N5O3. The van der Waals surface area contributed by atoms with E-state index in [-0.39, 0.29) is 0 Å². The number of aliphatic imine (C=N–C) groups is 1. The number of likely N-dealkylation sites (tertiary alicyclic amines) is 1. The second-order valence-corrected chi connectivity index (χ2v) is 7.59. The van der Waals surface area contributed by atoms with Crippen molar-refractivity contribution in [3.8, 4) is 0 Å². The van der Waals surface area contributed by atoms with Crippen LogP contribution in [0.2, 0.25) is 0 Å². The van der Waals surface area contributed by atoms with Gasteiger partial charge in [0, 0.05) is 40.3 Å². The van der Waals surface area contributed by atoms with Gasteiger partial charge in [0.2, 0.25) is 0 Å². The molecule has 8 heteroatoms. The summed E-state index contributed by atoms with van der Waals surface area (Å²) in [6.07, 6.45) is 1.98. The van der Waals surface area contributed by atoms with Gasteiger partial charge in [-0.25, -0.2) is 4.79 Å². The lowest BCUT2D eigenvalue weighted by molar-refractivity contribution is 0.0529. The normalized spacial score (nSPS) is 17.0. The Balaban J connectivity index is 2.13. The van der Waals surface area contributed by atoms with Crippen LogP contribution in [0.25, 0.3) is 0 Å². The molecule has 0 aromatic heterocycles. The molecule has 0 bridgehead atoms. The molecule has 1 fully saturated rings. The van der Waals surface area contributed by atoms with E-state index in [4.69, 9.17) is 9.47 Å². The lowest BCUT2D eigenvalue weighted by atomic mass is 9.97. The highest BCUT2D eigenvalue weighted by atomic mass is 16.6. The molecule has 0 aromatic carbocycles. The van der Waals surface area contributed by atoms with Crippen LogP contribution in [0, 0.1) is 5.92 Å². The smallest absolute Gasteiger partial charge is 0.407 e. The standard InChI is InChI=1S/C18H37N5O3/c1-18(2,3)26-17(24)21-9-8-20-16(19-4)22-14-15-6-10-23(11-7-15)12-13-25-5/h15H,6-14H2,1-5H3,(H,21,24)(H2,19,20,22). The van der Waals surface area contributed by atoms with E-state index in [0.29, 0.717) is 19.0 Å². The van der Waals surface area contributed by atoms with Crippen LogP contribution in [-0.4, -0.2) is 82.6 Å². The second-order valence-electron chi connectivity index (χ2n) is 7.59. The van der Waals surface area contributed by atoms with Gasteiger partial charge < -0.3 is 30.3 Å². The van der Waals surface area contributed by atoms with Gasteiger partial charge in [0.05, 0.1) is 6.61 Å². The zero-order chi connectivity index (χ0) is 19.4. The molecule has 1 heterocycles. The molecule has 8 nitrogen and oxygen atoms in total. The van der Waals surface area contributed by atoms with Crippen molar-refractivity contribution in [2.45, 2.75) is 39.2 Å². The largest absolute Gasteiger partial charge is 0.444 e. The maximum Gasteiger partial charge on any atom is 0.407 e. The average Bonchev–Trinajstić information content (AvgIpc) is 2.58. The molecule has 0 aromatic rings. The van der Waals surface area contributed by atoms with Gasteiger partial charge in [0.15, 0.2) is 5.96 Å². The molecule has 0 saturated carbocycles. The minimum atomic E-state index is -0.478. The Morgan fingerprint density at radius 2 is 1.81 bits per heavy atom. The number of rotatable bonds is 8. The Morgan fingerprint density at radius 1 is 1.15 bits per heavy atom. The van der Waals surface area contributed by atoms with Crippen LogP contribution in [0.4, 0.5) is 4.79 Å². The zero-order valence-electron chi connectivity index (χ0n) is 17.1. The first kappa shape index (κ1) is 22.5. The number of ether oxygens (including phenoxy) is 2. The van der Waals surface area contributed by atoms with Crippen LogP contribution in [0.5, 0.6) is 0 Å². The summed E-state index contributed by atoms with van der Waals surface area (Å²) in [5, 5.41) is 9.30. The number of nitrogens with one attached hydrogen (secondary N) is 3. The maximum atomic E-state index is 11.6. The number of guanidine groups is 1. The molecule has 0 atom stereocenters. The number of nitrogens with zero attached hydrogens (tertiary/aromatic N) is 2. The molecule has 26 heavy (non-hydrogen) atoms. The van der Waals surface area contributed by atoms with Gasteiger partial charge in [-0.2, -0.15) is 0 Å². The third-order valence-corrected chi connectivity index (χ3v) is 4.19. The Morgan fingerprint density at radius 3 is 2.38 bits per heavy atom. The SMILES string of the molecule is CN=C(NCCNC(=O)OC(C)(C)C)NCC1CCN(CCOC)CC1. The van der Waals surface area contributed by atoms with Crippen molar-refractivity contribution in [1.29, 1.82) is 0 Å². The van der Waals surface area contributed by atoms with Crippen LogP contribution in [0.1, 0.15) is 33.6 Å². The highest BCUT2D eigenvalue weighted by Gasteiger charge is 2.19. The van der Waals surface area contributed by atoms with E-state index >= 15 is 0 Å². The summed E-state index contributed by atoms with van der Waals surface area (Å²) in [7, 11) is 3.50. The Labute approximate surface area is 158 Å². The summed E-state index contributed by atoms with van der Waals surface area (Å²) in [6, 6.07) is 0. The Kier molecular flexibility index (Phi) is 10.3. The van der Waals surface area contributed by atoms with Crippen LogP contribution < -0.4 is 16.0 Å². The average molecular weight is 372 g/mol. The second kappa shape index (κ2) is 12.0. The Bertz CT molecular complexity index is 429. The first-order valence-electron chi connectivity index (χ1n) is 9.46. The first-order valence-corrected chi connectivity index (χ1v) is 9.46. The van der Waals surface area contributed by atoms with E-state index in [1.54, 1.807) is 14.2 Å². The summed E-state index contributed by atoms with van der Waals surface area (Å²) in [4.78, 5) is 18.3. The number of amides is 1. The van der Waals surface area contributed by atoms with Crippen LogP contribution >= 0.6 is 0 Å². The Hall–Kier alpha value is -1.54. The molecule has 1 aliphatic heterocycles. The molecule has 0 spiro atoms. The number of alkyl carbamates (subject to hydrolysis) is 1. The summed E-state index contributed by atoms with van der Waals surface area (Å²) in [6.45, 7) is 11.6. The van der Waals surface area contributed by atoms with Gasteiger partial charge in [-0.15, -0.1) is 0 Å². The lowest BCUT2D eigenvalue weighted by Crippen LogP contribution is -2.45. The van der Waals surface area contributed by atoms with Crippen molar-refractivity contribution in [2.75, 3.05) is 60.0 Å². The number of hydrogen-bond acceptors (Lipinski definition) is 5. The van der Waals surface area contributed by atoms with E-state index in [1.807, 2.05) is 20.8 Å². The molecule has 0 unspecified atom stereocenters. The molecule has 1 amide bonds. The predicted octanol–water partition coefficient (Wildman–Crippen LogP) is 1.03.